The number of hydrogen-bond donors (Lipinski definition) is 1. The number of ether oxygens (including phenoxy) is 1. The minimum Gasteiger partial charge on any atom is -0.452 e. The largest absolute Gasteiger partial charge is 0.452 e. The molecule has 1 fully saturated rings. The third kappa shape index (κ3) is 3.25. The third-order valence-corrected chi connectivity index (χ3v) is 6.48. The fourth-order valence-electron chi connectivity index (χ4n) is 4.71. The zero-order valence-corrected chi connectivity index (χ0v) is 17.6. The molecule has 3 heterocycles. The molecule has 6 nitrogen and oxygen atoms in total. The highest BCUT2D eigenvalue weighted by Gasteiger charge is 2.31. The molecule has 2 aromatic carbocycles. The Morgan fingerprint density at radius 1 is 1.20 bits per heavy atom. The molecule has 6 heteroatoms. The summed E-state index contributed by atoms with van der Waals surface area (Å²) in [7, 11) is 1.45. The Kier molecular flexibility index (Phi) is 4.95. The molecule has 3 aromatic rings. The number of aryl methyl sites for hydroxylation is 1. The number of imidazole rings is 1. The Morgan fingerprint density at radius 2 is 2.00 bits per heavy atom. The van der Waals surface area contributed by atoms with E-state index in [1.807, 2.05) is 6.07 Å². The van der Waals surface area contributed by atoms with Crippen LogP contribution in [0, 0.1) is 5.92 Å². The summed E-state index contributed by atoms with van der Waals surface area (Å²) in [6, 6.07) is 14.9. The van der Waals surface area contributed by atoms with Gasteiger partial charge in [-0.15, -0.1) is 0 Å². The van der Waals surface area contributed by atoms with Gasteiger partial charge in [-0.05, 0) is 37.5 Å². The Balaban J connectivity index is 1.62. The van der Waals surface area contributed by atoms with Gasteiger partial charge >= 0.3 is 6.09 Å². The molecule has 1 saturated heterocycles. The first-order chi connectivity index (χ1) is 14.7. The van der Waals surface area contributed by atoms with Crippen molar-refractivity contribution in [3.8, 4) is 0 Å². The highest BCUT2D eigenvalue weighted by atomic mass is 16.5. The maximum absolute atomic E-state index is 12.5. The summed E-state index contributed by atoms with van der Waals surface area (Å²) >= 11 is 0. The Morgan fingerprint density at radius 3 is 2.70 bits per heavy atom. The van der Waals surface area contributed by atoms with Gasteiger partial charge in [0.2, 0.25) is 0 Å². The molecule has 2 aliphatic rings. The first kappa shape index (κ1) is 19.1. The van der Waals surface area contributed by atoms with Crippen molar-refractivity contribution in [3.63, 3.8) is 0 Å². The van der Waals surface area contributed by atoms with Crippen LogP contribution in [0.3, 0.4) is 0 Å². The average Bonchev–Trinajstić information content (AvgIpc) is 3.07. The minimum atomic E-state index is -0.299. The Hall–Kier alpha value is -2.86. The van der Waals surface area contributed by atoms with Gasteiger partial charge in [-0.25, -0.2) is 9.78 Å². The van der Waals surface area contributed by atoms with E-state index in [-0.39, 0.29) is 12.1 Å². The third-order valence-electron chi connectivity index (χ3n) is 6.48. The summed E-state index contributed by atoms with van der Waals surface area (Å²) in [6.45, 7) is 5.17. The molecular formula is C24H28N4O2. The smallest absolute Gasteiger partial charge is 0.414 e. The molecule has 0 saturated carbocycles. The topological polar surface area (TPSA) is 59.4 Å². The van der Waals surface area contributed by atoms with Gasteiger partial charge in [-0.2, -0.15) is 0 Å². The molecule has 0 spiro atoms. The number of benzene rings is 2. The van der Waals surface area contributed by atoms with E-state index in [2.05, 4.69) is 53.2 Å². The van der Waals surface area contributed by atoms with Crippen LogP contribution >= 0.6 is 0 Å². The second-order valence-corrected chi connectivity index (χ2v) is 8.48. The number of amides is 1. The number of carbonyl (C=O) groups is 1. The number of fused-ring (bicyclic) bond motifs is 3. The standard InChI is InChI=1S/C24H28N4O2/c1-16-8-9-19-20(28(16)24(29)30-2)10-11-21-23(19)26-22(12-17-6-4-3-5-7-17)27(21)15-18-13-25-14-18/h3-7,10-11,16,18,25H,8-9,12-15H2,1-2H3/t16-/m0/s1. The van der Waals surface area contributed by atoms with Crippen molar-refractivity contribution in [2.75, 3.05) is 25.1 Å². The summed E-state index contributed by atoms with van der Waals surface area (Å²) in [5.41, 5.74) is 5.57. The van der Waals surface area contributed by atoms with E-state index in [1.54, 1.807) is 4.90 Å². The fourth-order valence-corrected chi connectivity index (χ4v) is 4.71. The lowest BCUT2D eigenvalue weighted by atomic mass is 9.95. The summed E-state index contributed by atoms with van der Waals surface area (Å²) in [4.78, 5) is 19.4. The van der Waals surface area contributed by atoms with Crippen molar-refractivity contribution in [2.24, 2.45) is 5.92 Å². The van der Waals surface area contributed by atoms with Gasteiger partial charge < -0.3 is 14.6 Å². The molecule has 0 aliphatic carbocycles. The summed E-state index contributed by atoms with van der Waals surface area (Å²) < 4.78 is 7.46. The number of carbonyl (C=O) groups excluding carboxylic acids is 1. The average molecular weight is 405 g/mol. The second kappa shape index (κ2) is 7.76. The molecule has 0 bridgehead atoms. The molecule has 30 heavy (non-hydrogen) atoms. The van der Waals surface area contributed by atoms with Crippen LogP contribution in [0.1, 0.15) is 30.3 Å². The van der Waals surface area contributed by atoms with Gasteiger partial charge in [0.15, 0.2) is 0 Å². The maximum Gasteiger partial charge on any atom is 0.414 e. The number of hydrogen-bond acceptors (Lipinski definition) is 4. The van der Waals surface area contributed by atoms with E-state index in [9.17, 15) is 4.79 Å². The molecular weight excluding hydrogens is 376 g/mol. The van der Waals surface area contributed by atoms with Gasteiger partial charge in [0.1, 0.15) is 5.82 Å². The molecule has 1 amide bonds. The summed E-state index contributed by atoms with van der Waals surface area (Å²) in [5.74, 6) is 1.74. The normalized spacial score (nSPS) is 18.9. The van der Waals surface area contributed by atoms with Crippen LogP contribution in [-0.2, 0) is 24.1 Å². The highest BCUT2D eigenvalue weighted by Crippen LogP contribution is 2.37. The van der Waals surface area contributed by atoms with E-state index in [0.717, 1.165) is 61.5 Å². The van der Waals surface area contributed by atoms with E-state index in [0.29, 0.717) is 5.92 Å². The SMILES string of the molecule is COC(=O)N1c2ccc3c(nc(Cc4ccccc4)n3CC3CNC3)c2CC[C@@H]1C. The Labute approximate surface area is 176 Å². The molecule has 1 atom stereocenters. The predicted molar refractivity (Wildman–Crippen MR) is 118 cm³/mol. The van der Waals surface area contributed by atoms with E-state index in [1.165, 1.54) is 18.2 Å². The first-order valence-corrected chi connectivity index (χ1v) is 10.8. The van der Waals surface area contributed by atoms with Crippen molar-refractivity contribution in [1.82, 2.24) is 14.9 Å². The number of anilines is 1. The molecule has 1 aromatic heterocycles. The monoisotopic (exact) mass is 404 g/mol. The highest BCUT2D eigenvalue weighted by molar-refractivity contribution is 5.95. The predicted octanol–water partition coefficient (Wildman–Crippen LogP) is 3.75. The molecule has 0 unspecified atom stereocenters. The van der Waals surface area contributed by atoms with Gasteiger partial charge in [-0.1, -0.05) is 30.3 Å². The van der Waals surface area contributed by atoms with Crippen LogP contribution in [0.25, 0.3) is 11.0 Å². The zero-order valence-electron chi connectivity index (χ0n) is 17.6. The number of nitrogens with zero attached hydrogens (tertiary/aromatic N) is 3. The van der Waals surface area contributed by atoms with Gasteiger partial charge in [0.25, 0.3) is 0 Å². The van der Waals surface area contributed by atoms with Crippen molar-refractivity contribution >= 4 is 22.8 Å². The number of rotatable bonds is 4. The van der Waals surface area contributed by atoms with Crippen LogP contribution in [0.15, 0.2) is 42.5 Å². The van der Waals surface area contributed by atoms with E-state index < -0.39 is 0 Å². The summed E-state index contributed by atoms with van der Waals surface area (Å²) in [5, 5.41) is 3.38. The molecule has 5 rings (SSSR count). The lowest BCUT2D eigenvalue weighted by molar-refractivity contribution is 0.175. The van der Waals surface area contributed by atoms with E-state index in [4.69, 9.17) is 9.72 Å². The zero-order chi connectivity index (χ0) is 20.7. The lowest BCUT2D eigenvalue weighted by Crippen LogP contribution is -2.44. The molecule has 0 radical (unpaired) electrons. The van der Waals surface area contributed by atoms with Crippen LogP contribution in [-0.4, -0.2) is 41.9 Å². The number of aromatic nitrogens is 2. The number of nitrogens with one attached hydrogen (secondary N) is 1. The minimum absolute atomic E-state index is 0.120. The molecule has 1 N–H and O–H groups in total. The van der Waals surface area contributed by atoms with Gasteiger partial charge in [-0.3, -0.25) is 4.90 Å². The second-order valence-electron chi connectivity index (χ2n) is 8.48. The molecule has 156 valence electrons. The van der Waals surface area contributed by atoms with Crippen molar-refractivity contribution in [3.05, 3.63) is 59.4 Å². The maximum atomic E-state index is 12.5. The Bertz CT molecular complexity index is 1070. The van der Waals surface area contributed by atoms with Crippen molar-refractivity contribution in [1.29, 1.82) is 0 Å². The van der Waals surface area contributed by atoms with Gasteiger partial charge in [0, 0.05) is 43.6 Å². The fraction of sp³-hybridized carbons (Fsp3) is 0.417. The van der Waals surface area contributed by atoms with E-state index >= 15 is 0 Å². The first-order valence-electron chi connectivity index (χ1n) is 10.8. The number of methoxy groups -OCH3 is 1. The van der Waals surface area contributed by atoms with Crippen LogP contribution in [0.5, 0.6) is 0 Å². The quantitative estimate of drug-likeness (QED) is 0.719. The van der Waals surface area contributed by atoms with Crippen LogP contribution in [0.2, 0.25) is 0 Å². The summed E-state index contributed by atoms with van der Waals surface area (Å²) in [6.07, 6.45) is 2.34. The van der Waals surface area contributed by atoms with Crippen molar-refractivity contribution < 1.29 is 9.53 Å². The van der Waals surface area contributed by atoms with Crippen molar-refractivity contribution in [2.45, 2.75) is 38.8 Å². The van der Waals surface area contributed by atoms with Gasteiger partial charge in [0.05, 0.1) is 23.8 Å². The molecule has 2 aliphatic heterocycles. The van der Waals surface area contributed by atoms with Crippen LogP contribution < -0.4 is 10.2 Å². The van der Waals surface area contributed by atoms with Crippen LogP contribution in [0.4, 0.5) is 10.5 Å². The lowest BCUT2D eigenvalue weighted by Gasteiger charge is -2.34.